The molecule has 0 spiro atoms. The van der Waals surface area contributed by atoms with Crippen LogP contribution in [0.25, 0.3) is 22.9 Å². The second-order valence-electron chi connectivity index (χ2n) is 5.17. The zero-order valence-corrected chi connectivity index (χ0v) is 15.0. The normalized spacial score (nSPS) is 11.5. The van der Waals surface area contributed by atoms with E-state index in [9.17, 15) is 5.26 Å². The predicted octanol–water partition coefficient (Wildman–Crippen LogP) is 5.85. The van der Waals surface area contributed by atoms with Crippen LogP contribution in [-0.2, 0) is 0 Å². The van der Waals surface area contributed by atoms with Gasteiger partial charge in [0.1, 0.15) is 16.8 Å². The highest BCUT2D eigenvalue weighted by Crippen LogP contribution is 2.29. The zero-order valence-electron chi connectivity index (χ0n) is 12.6. The summed E-state index contributed by atoms with van der Waals surface area (Å²) in [5.41, 5.74) is 4.88. The molecule has 0 saturated heterocycles. The molecule has 5 heteroatoms. The van der Waals surface area contributed by atoms with Crippen molar-refractivity contribution < 1.29 is 4.42 Å². The van der Waals surface area contributed by atoms with Gasteiger partial charge in [-0.1, -0.05) is 23.8 Å². The molecule has 3 aromatic rings. The van der Waals surface area contributed by atoms with Crippen molar-refractivity contribution in [3.05, 3.63) is 62.3 Å². The topological polar surface area (TPSA) is 49.8 Å². The molecule has 0 bridgehead atoms. The number of aromatic nitrogens is 1. The van der Waals surface area contributed by atoms with Crippen LogP contribution in [0.3, 0.4) is 0 Å². The van der Waals surface area contributed by atoms with Crippen molar-refractivity contribution in [3.8, 4) is 17.3 Å². The molecule has 114 valence electrons. The van der Waals surface area contributed by atoms with Crippen molar-refractivity contribution in [1.29, 1.82) is 5.26 Å². The molecule has 0 atom stereocenters. The number of aryl methyl sites for hydroxylation is 2. The lowest BCUT2D eigenvalue weighted by Gasteiger charge is -2.03. The number of benzene rings is 1. The van der Waals surface area contributed by atoms with Gasteiger partial charge in [0.25, 0.3) is 0 Å². The number of nitrogens with zero attached hydrogens (tertiary/aromatic N) is 2. The number of furan rings is 1. The van der Waals surface area contributed by atoms with Crippen LogP contribution in [0.15, 0.2) is 44.8 Å². The van der Waals surface area contributed by atoms with Gasteiger partial charge in [-0.3, -0.25) is 0 Å². The van der Waals surface area contributed by atoms with E-state index in [2.05, 4.69) is 59.0 Å². The molecule has 0 unspecified atom stereocenters. The number of nitriles is 1. The monoisotopic (exact) mass is 384 g/mol. The van der Waals surface area contributed by atoms with Crippen molar-refractivity contribution in [2.45, 2.75) is 13.8 Å². The van der Waals surface area contributed by atoms with E-state index in [1.165, 1.54) is 22.5 Å². The summed E-state index contributed by atoms with van der Waals surface area (Å²) in [7, 11) is 0. The Kier molecular flexibility index (Phi) is 4.46. The number of hydrogen-bond acceptors (Lipinski definition) is 4. The highest BCUT2D eigenvalue weighted by atomic mass is 79.9. The summed E-state index contributed by atoms with van der Waals surface area (Å²) in [5.74, 6) is 0.622. The average Bonchev–Trinajstić information content (AvgIpc) is 3.14. The summed E-state index contributed by atoms with van der Waals surface area (Å²) in [5, 5.41) is 12.1. The van der Waals surface area contributed by atoms with Crippen LogP contribution in [-0.4, -0.2) is 4.98 Å². The predicted molar refractivity (Wildman–Crippen MR) is 96.9 cm³/mol. The summed E-state index contributed by atoms with van der Waals surface area (Å²) in [6.07, 6.45) is 1.70. The van der Waals surface area contributed by atoms with Crippen molar-refractivity contribution in [2.75, 3.05) is 0 Å². The van der Waals surface area contributed by atoms with Gasteiger partial charge in [0, 0.05) is 17.0 Å². The largest absolute Gasteiger partial charge is 0.450 e. The molecule has 3 nitrogen and oxygen atoms in total. The second kappa shape index (κ2) is 6.53. The SMILES string of the molecule is Cc1ccc(-c2csc(C(C#N)=Cc3ccc(Br)o3)n2)c(C)c1. The first kappa shape index (κ1) is 15.7. The summed E-state index contributed by atoms with van der Waals surface area (Å²) < 4.78 is 6.06. The Balaban J connectivity index is 1.97. The minimum Gasteiger partial charge on any atom is -0.450 e. The number of thiazole rings is 1. The van der Waals surface area contributed by atoms with Gasteiger partial charge in [-0.2, -0.15) is 5.26 Å². The molecule has 1 aromatic carbocycles. The van der Waals surface area contributed by atoms with Gasteiger partial charge >= 0.3 is 0 Å². The Labute approximate surface area is 147 Å². The highest BCUT2D eigenvalue weighted by molar-refractivity contribution is 9.10. The van der Waals surface area contributed by atoms with Gasteiger partial charge in [-0.25, -0.2) is 4.98 Å². The Hall–Kier alpha value is -2.16. The van der Waals surface area contributed by atoms with E-state index < -0.39 is 0 Å². The first-order valence-corrected chi connectivity index (χ1v) is 8.65. The highest BCUT2D eigenvalue weighted by Gasteiger charge is 2.11. The van der Waals surface area contributed by atoms with Crippen molar-refractivity contribution in [1.82, 2.24) is 4.98 Å². The minimum absolute atomic E-state index is 0.493. The maximum absolute atomic E-state index is 9.41. The molecule has 0 amide bonds. The molecule has 0 aliphatic heterocycles. The van der Waals surface area contributed by atoms with Gasteiger partial charge in [-0.05, 0) is 47.5 Å². The zero-order chi connectivity index (χ0) is 16.4. The Morgan fingerprint density at radius 2 is 2.13 bits per heavy atom. The average molecular weight is 385 g/mol. The molecule has 3 rings (SSSR count). The third-order valence-electron chi connectivity index (χ3n) is 3.39. The number of allylic oxidation sites excluding steroid dienone is 1. The molecule has 0 fully saturated rings. The van der Waals surface area contributed by atoms with Crippen molar-refractivity contribution in [2.24, 2.45) is 0 Å². The lowest BCUT2D eigenvalue weighted by Crippen LogP contribution is -1.86. The fourth-order valence-corrected chi connectivity index (χ4v) is 3.42. The van der Waals surface area contributed by atoms with Gasteiger partial charge in [0.2, 0.25) is 0 Å². The quantitative estimate of drug-likeness (QED) is 0.532. The van der Waals surface area contributed by atoms with E-state index in [0.29, 0.717) is 21.0 Å². The molecular formula is C18H13BrN2OS. The Morgan fingerprint density at radius 1 is 1.30 bits per heavy atom. The van der Waals surface area contributed by atoms with E-state index in [4.69, 9.17) is 4.42 Å². The van der Waals surface area contributed by atoms with Crippen LogP contribution in [0.4, 0.5) is 0 Å². The van der Waals surface area contributed by atoms with Gasteiger partial charge in [0.15, 0.2) is 4.67 Å². The smallest absolute Gasteiger partial charge is 0.169 e. The third kappa shape index (κ3) is 3.44. The fourth-order valence-electron chi connectivity index (χ4n) is 2.31. The maximum atomic E-state index is 9.41. The molecule has 2 heterocycles. The van der Waals surface area contributed by atoms with Gasteiger partial charge in [0.05, 0.1) is 11.3 Å². The van der Waals surface area contributed by atoms with Gasteiger partial charge in [-0.15, -0.1) is 11.3 Å². The molecule has 0 saturated carbocycles. The van der Waals surface area contributed by atoms with Crippen LogP contribution >= 0.6 is 27.3 Å². The molecule has 0 radical (unpaired) electrons. The van der Waals surface area contributed by atoms with Crippen LogP contribution in [0.5, 0.6) is 0 Å². The van der Waals surface area contributed by atoms with Crippen molar-refractivity contribution >= 4 is 38.9 Å². The van der Waals surface area contributed by atoms with E-state index in [-0.39, 0.29) is 0 Å². The lowest BCUT2D eigenvalue weighted by molar-refractivity contribution is 0.532. The lowest BCUT2D eigenvalue weighted by atomic mass is 10.0. The van der Waals surface area contributed by atoms with E-state index in [0.717, 1.165) is 11.3 Å². The summed E-state index contributed by atoms with van der Waals surface area (Å²) >= 11 is 4.72. The van der Waals surface area contributed by atoms with E-state index >= 15 is 0 Å². The number of rotatable bonds is 3. The third-order valence-corrected chi connectivity index (χ3v) is 4.70. The standard InChI is InChI=1S/C18H13BrN2OS/c1-11-3-5-15(12(2)7-11)16-10-23-18(21-16)13(9-20)8-14-4-6-17(19)22-14/h3-8,10H,1-2H3. The number of halogens is 1. The van der Waals surface area contributed by atoms with Crippen LogP contribution in [0.2, 0.25) is 0 Å². The van der Waals surface area contributed by atoms with E-state index in [1.807, 2.05) is 5.38 Å². The van der Waals surface area contributed by atoms with Crippen LogP contribution in [0, 0.1) is 25.2 Å². The van der Waals surface area contributed by atoms with Crippen molar-refractivity contribution in [3.63, 3.8) is 0 Å². The minimum atomic E-state index is 0.493. The Morgan fingerprint density at radius 3 is 2.78 bits per heavy atom. The maximum Gasteiger partial charge on any atom is 0.169 e. The molecular weight excluding hydrogens is 372 g/mol. The summed E-state index contributed by atoms with van der Waals surface area (Å²) in [6.45, 7) is 4.14. The fraction of sp³-hybridized carbons (Fsp3) is 0.111. The second-order valence-corrected chi connectivity index (χ2v) is 6.81. The van der Waals surface area contributed by atoms with Crippen LogP contribution in [0.1, 0.15) is 21.9 Å². The van der Waals surface area contributed by atoms with Gasteiger partial charge < -0.3 is 4.42 Å². The molecule has 0 aliphatic rings. The molecule has 0 N–H and O–H groups in total. The van der Waals surface area contributed by atoms with Crippen LogP contribution < -0.4 is 0 Å². The molecule has 23 heavy (non-hydrogen) atoms. The molecule has 0 aliphatic carbocycles. The first-order valence-electron chi connectivity index (χ1n) is 6.97. The Bertz CT molecular complexity index is 931. The molecule has 2 aromatic heterocycles. The van der Waals surface area contributed by atoms with E-state index in [1.54, 1.807) is 18.2 Å². The summed E-state index contributed by atoms with van der Waals surface area (Å²) in [4.78, 5) is 4.62. The summed E-state index contributed by atoms with van der Waals surface area (Å²) in [6, 6.07) is 12.1. The number of hydrogen-bond donors (Lipinski definition) is 0. The first-order chi connectivity index (χ1) is 11.1.